The van der Waals surface area contributed by atoms with Gasteiger partial charge in [0.25, 0.3) is 0 Å². The predicted molar refractivity (Wildman–Crippen MR) is 72.9 cm³/mol. The van der Waals surface area contributed by atoms with E-state index >= 15 is 0 Å². The van der Waals surface area contributed by atoms with Crippen molar-refractivity contribution in [2.75, 3.05) is 27.3 Å². The molecule has 6 nitrogen and oxygen atoms in total. The lowest BCUT2D eigenvalue weighted by atomic mass is 10.1. The van der Waals surface area contributed by atoms with E-state index in [0.717, 1.165) is 5.56 Å². The number of amides is 1. The monoisotopic (exact) mass is 292 g/mol. The van der Waals surface area contributed by atoms with Crippen LogP contribution in [0.1, 0.15) is 12.0 Å². The molecule has 1 heterocycles. The first-order valence-corrected chi connectivity index (χ1v) is 6.74. The summed E-state index contributed by atoms with van der Waals surface area (Å²) in [5.41, 5.74) is 0.998. The van der Waals surface area contributed by atoms with Gasteiger partial charge in [-0.05, 0) is 24.1 Å². The van der Waals surface area contributed by atoms with E-state index in [1.54, 1.807) is 19.1 Å². The molecule has 0 bridgehead atoms. The number of ether oxygens (including phenoxy) is 2. The molecule has 1 aliphatic rings. The minimum absolute atomic E-state index is 0.0360. The standard InChI is InChI=1S/C15H19NO5/c1-20-12-4-3-10(7-13(12)21-2)5-6-16-9-11(15(18)19)8-14(16)17/h3-4,7,11H,5-6,8-9H2,1-2H3,(H,18,19)/p-1/t11-/m0/s1. The van der Waals surface area contributed by atoms with Crippen LogP contribution >= 0.6 is 0 Å². The number of nitrogens with zero attached hydrogens (tertiary/aromatic N) is 1. The lowest BCUT2D eigenvalue weighted by Crippen LogP contribution is -2.34. The van der Waals surface area contributed by atoms with E-state index in [0.29, 0.717) is 24.5 Å². The Labute approximate surface area is 123 Å². The van der Waals surface area contributed by atoms with E-state index < -0.39 is 11.9 Å². The Kier molecular flexibility index (Phi) is 4.67. The van der Waals surface area contributed by atoms with Crippen LogP contribution in [0.3, 0.4) is 0 Å². The number of hydrogen-bond donors (Lipinski definition) is 0. The summed E-state index contributed by atoms with van der Waals surface area (Å²) in [6.07, 6.45) is 0.667. The summed E-state index contributed by atoms with van der Waals surface area (Å²) in [6, 6.07) is 5.57. The zero-order chi connectivity index (χ0) is 15.4. The maximum atomic E-state index is 11.7. The summed E-state index contributed by atoms with van der Waals surface area (Å²) < 4.78 is 10.4. The summed E-state index contributed by atoms with van der Waals surface area (Å²) in [5, 5.41) is 10.8. The maximum absolute atomic E-state index is 11.7. The second-order valence-electron chi connectivity index (χ2n) is 5.00. The third-order valence-corrected chi connectivity index (χ3v) is 3.67. The third kappa shape index (κ3) is 3.45. The first kappa shape index (κ1) is 15.2. The Morgan fingerprint density at radius 3 is 2.62 bits per heavy atom. The Balaban J connectivity index is 1.97. The van der Waals surface area contributed by atoms with Gasteiger partial charge in [0.15, 0.2) is 11.5 Å². The van der Waals surface area contributed by atoms with Gasteiger partial charge in [0, 0.05) is 31.4 Å². The highest BCUT2D eigenvalue weighted by molar-refractivity contribution is 5.85. The average Bonchev–Trinajstić information content (AvgIpc) is 2.86. The molecule has 1 aromatic rings. The Morgan fingerprint density at radius 2 is 2.05 bits per heavy atom. The molecule has 21 heavy (non-hydrogen) atoms. The fourth-order valence-electron chi connectivity index (χ4n) is 2.45. The molecule has 114 valence electrons. The number of carbonyl (C=O) groups is 2. The number of methoxy groups -OCH3 is 2. The fourth-order valence-corrected chi connectivity index (χ4v) is 2.45. The summed E-state index contributed by atoms with van der Waals surface area (Å²) in [6.45, 7) is 0.715. The van der Waals surface area contributed by atoms with Gasteiger partial charge < -0.3 is 24.3 Å². The summed E-state index contributed by atoms with van der Waals surface area (Å²) in [7, 11) is 3.14. The number of aliphatic carboxylic acids is 1. The molecule has 1 fully saturated rings. The molecule has 0 aromatic heterocycles. The minimum Gasteiger partial charge on any atom is -0.550 e. The molecule has 0 N–H and O–H groups in total. The number of rotatable bonds is 6. The second kappa shape index (κ2) is 6.47. The molecule has 0 unspecified atom stereocenters. The van der Waals surface area contributed by atoms with Crippen molar-refractivity contribution in [1.82, 2.24) is 4.90 Å². The Morgan fingerprint density at radius 1 is 1.33 bits per heavy atom. The number of carboxylic acids is 1. The normalized spacial score (nSPS) is 17.9. The molecule has 1 aliphatic heterocycles. The van der Waals surface area contributed by atoms with Crippen molar-refractivity contribution < 1.29 is 24.2 Å². The van der Waals surface area contributed by atoms with Gasteiger partial charge >= 0.3 is 0 Å². The number of hydrogen-bond acceptors (Lipinski definition) is 5. The van der Waals surface area contributed by atoms with Gasteiger partial charge in [-0.2, -0.15) is 0 Å². The smallest absolute Gasteiger partial charge is 0.223 e. The van der Waals surface area contributed by atoms with Crippen molar-refractivity contribution in [3.05, 3.63) is 23.8 Å². The molecule has 6 heteroatoms. The minimum atomic E-state index is -1.16. The Bertz CT molecular complexity index is 543. The van der Waals surface area contributed by atoms with E-state index in [2.05, 4.69) is 0 Å². The van der Waals surface area contributed by atoms with Gasteiger partial charge in [-0.3, -0.25) is 4.79 Å². The first-order valence-electron chi connectivity index (χ1n) is 6.74. The highest BCUT2D eigenvalue weighted by Gasteiger charge is 2.29. The van der Waals surface area contributed by atoms with Gasteiger partial charge in [0.1, 0.15) is 0 Å². The molecule has 1 saturated heterocycles. The van der Waals surface area contributed by atoms with Crippen molar-refractivity contribution in [2.24, 2.45) is 5.92 Å². The van der Waals surface area contributed by atoms with E-state index in [9.17, 15) is 14.7 Å². The van der Waals surface area contributed by atoms with Gasteiger partial charge in [0.05, 0.1) is 14.2 Å². The lowest BCUT2D eigenvalue weighted by molar-refractivity contribution is -0.311. The highest BCUT2D eigenvalue weighted by atomic mass is 16.5. The van der Waals surface area contributed by atoms with Crippen LogP contribution in [-0.4, -0.2) is 44.1 Å². The molecule has 0 radical (unpaired) electrons. The topological polar surface area (TPSA) is 78.9 Å². The summed E-state index contributed by atoms with van der Waals surface area (Å²) >= 11 is 0. The van der Waals surface area contributed by atoms with E-state index in [-0.39, 0.29) is 18.9 Å². The van der Waals surface area contributed by atoms with E-state index in [1.807, 2.05) is 18.2 Å². The maximum Gasteiger partial charge on any atom is 0.223 e. The number of likely N-dealkylation sites (tertiary alicyclic amines) is 1. The van der Waals surface area contributed by atoms with E-state index in [4.69, 9.17) is 9.47 Å². The molecule has 0 aliphatic carbocycles. The number of benzene rings is 1. The van der Waals surface area contributed by atoms with Crippen LogP contribution in [0.2, 0.25) is 0 Å². The van der Waals surface area contributed by atoms with Gasteiger partial charge in [-0.1, -0.05) is 6.07 Å². The predicted octanol–water partition coefficient (Wildman–Crippen LogP) is -0.155. The van der Waals surface area contributed by atoms with Crippen molar-refractivity contribution in [3.63, 3.8) is 0 Å². The van der Waals surface area contributed by atoms with Crippen molar-refractivity contribution in [1.29, 1.82) is 0 Å². The second-order valence-corrected chi connectivity index (χ2v) is 5.00. The zero-order valence-electron chi connectivity index (χ0n) is 12.1. The fraction of sp³-hybridized carbons (Fsp3) is 0.467. The van der Waals surface area contributed by atoms with Gasteiger partial charge in [-0.25, -0.2) is 0 Å². The van der Waals surface area contributed by atoms with Crippen LogP contribution in [0.5, 0.6) is 11.5 Å². The van der Waals surface area contributed by atoms with Crippen LogP contribution in [0.25, 0.3) is 0 Å². The number of carbonyl (C=O) groups excluding carboxylic acids is 2. The summed E-state index contributed by atoms with van der Waals surface area (Å²) in [5.74, 6) is -0.699. The van der Waals surface area contributed by atoms with Crippen molar-refractivity contribution in [3.8, 4) is 11.5 Å². The zero-order valence-corrected chi connectivity index (χ0v) is 12.1. The lowest BCUT2D eigenvalue weighted by Gasteiger charge is -2.17. The van der Waals surface area contributed by atoms with Crippen LogP contribution in [-0.2, 0) is 16.0 Å². The first-order chi connectivity index (χ1) is 10.0. The Hall–Kier alpha value is -2.24. The van der Waals surface area contributed by atoms with Crippen molar-refractivity contribution in [2.45, 2.75) is 12.8 Å². The molecular weight excluding hydrogens is 274 g/mol. The van der Waals surface area contributed by atoms with Crippen LogP contribution in [0, 0.1) is 5.92 Å². The average molecular weight is 292 g/mol. The van der Waals surface area contributed by atoms with Gasteiger partial charge in [0.2, 0.25) is 5.91 Å². The largest absolute Gasteiger partial charge is 0.550 e. The van der Waals surface area contributed by atoms with Crippen LogP contribution in [0.15, 0.2) is 18.2 Å². The van der Waals surface area contributed by atoms with Crippen LogP contribution < -0.4 is 14.6 Å². The number of carboxylic acid groups (broad SMARTS) is 1. The van der Waals surface area contributed by atoms with Gasteiger partial charge in [-0.15, -0.1) is 0 Å². The molecule has 1 atom stereocenters. The third-order valence-electron chi connectivity index (χ3n) is 3.67. The molecule has 1 amide bonds. The van der Waals surface area contributed by atoms with Crippen molar-refractivity contribution >= 4 is 11.9 Å². The molecular formula is C15H18NO5-. The molecule has 0 saturated carbocycles. The van der Waals surface area contributed by atoms with Crippen LogP contribution in [0.4, 0.5) is 0 Å². The van der Waals surface area contributed by atoms with E-state index in [1.165, 1.54) is 0 Å². The molecule has 0 spiro atoms. The quantitative estimate of drug-likeness (QED) is 0.728. The summed E-state index contributed by atoms with van der Waals surface area (Å²) in [4.78, 5) is 24.1. The molecule has 2 rings (SSSR count). The highest BCUT2D eigenvalue weighted by Crippen LogP contribution is 2.28. The molecule has 1 aromatic carbocycles. The SMILES string of the molecule is COc1ccc(CCN2C[C@@H](C(=O)[O-])CC2=O)cc1OC.